The highest BCUT2D eigenvalue weighted by Crippen LogP contribution is 2.20. The average molecular weight is 336 g/mol. The normalized spacial score (nSPS) is 20.2. The van der Waals surface area contributed by atoms with E-state index in [2.05, 4.69) is 27.3 Å². The molecule has 1 saturated heterocycles. The van der Waals surface area contributed by atoms with Crippen LogP contribution in [0.3, 0.4) is 0 Å². The van der Waals surface area contributed by atoms with E-state index in [1.54, 1.807) is 12.1 Å². The van der Waals surface area contributed by atoms with Crippen molar-refractivity contribution < 1.29 is 9.90 Å². The molecule has 1 fully saturated rings. The van der Waals surface area contributed by atoms with Gasteiger partial charge in [0.15, 0.2) is 0 Å². The fourth-order valence-corrected chi connectivity index (χ4v) is 3.08. The number of hydrogen-bond acceptors (Lipinski definition) is 5. The minimum absolute atomic E-state index is 0.0811. The molecule has 0 spiro atoms. The number of aliphatic hydroxyl groups excluding tert-OH is 1. The Morgan fingerprint density at radius 2 is 2.12 bits per heavy atom. The van der Waals surface area contributed by atoms with Crippen LogP contribution in [-0.4, -0.2) is 46.1 Å². The standard InChI is InChI=1S/C19H20N4O2/c20-9-15-6-7-18(21-10-15)19(25)22-11-16-8-17(24)13-23(16)12-14-4-2-1-3-5-14/h1-7,10,16-17,24H,8,11-13H2,(H,22,25). The number of nitriles is 1. The molecule has 25 heavy (non-hydrogen) atoms. The first-order valence-electron chi connectivity index (χ1n) is 8.26. The van der Waals surface area contributed by atoms with Gasteiger partial charge in [-0.3, -0.25) is 9.69 Å². The molecule has 128 valence electrons. The molecule has 6 heteroatoms. The summed E-state index contributed by atoms with van der Waals surface area (Å²) < 4.78 is 0. The molecule has 1 aromatic carbocycles. The number of aliphatic hydroxyl groups is 1. The minimum atomic E-state index is -0.376. The van der Waals surface area contributed by atoms with Crippen LogP contribution < -0.4 is 5.32 Å². The van der Waals surface area contributed by atoms with Crippen molar-refractivity contribution in [2.24, 2.45) is 0 Å². The predicted molar refractivity (Wildman–Crippen MR) is 92.5 cm³/mol. The molecule has 2 N–H and O–H groups in total. The van der Waals surface area contributed by atoms with E-state index in [4.69, 9.17) is 5.26 Å². The highest BCUT2D eigenvalue weighted by atomic mass is 16.3. The maximum Gasteiger partial charge on any atom is 0.269 e. The molecule has 1 amide bonds. The summed E-state index contributed by atoms with van der Waals surface area (Å²) >= 11 is 0. The largest absolute Gasteiger partial charge is 0.392 e. The topological polar surface area (TPSA) is 89.2 Å². The van der Waals surface area contributed by atoms with Gasteiger partial charge in [0.2, 0.25) is 0 Å². The molecule has 0 radical (unpaired) electrons. The molecule has 0 bridgehead atoms. The number of likely N-dealkylation sites (tertiary alicyclic amines) is 1. The van der Waals surface area contributed by atoms with Gasteiger partial charge in [-0.15, -0.1) is 0 Å². The van der Waals surface area contributed by atoms with Gasteiger partial charge < -0.3 is 10.4 Å². The zero-order valence-corrected chi connectivity index (χ0v) is 13.8. The Hall–Kier alpha value is -2.75. The van der Waals surface area contributed by atoms with Crippen LogP contribution in [0.1, 0.15) is 28.0 Å². The molecular weight excluding hydrogens is 316 g/mol. The van der Waals surface area contributed by atoms with Crippen molar-refractivity contribution in [1.29, 1.82) is 5.26 Å². The van der Waals surface area contributed by atoms with Gasteiger partial charge in [-0.1, -0.05) is 30.3 Å². The average Bonchev–Trinajstić information content (AvgIpc) is 3.00. The zero-order chi connectivity index (χ0) is 17.6. The molecule has 2 unspecified atom stereocenters. The van der Waals surface area contributed by atoms with Crippen LogP contribution in [0.4, 0.5) is 0 Å². The lowest BCUT2D eigenvalue weighted by Gasteiger charge is -2.24. The number of nitrogens with one attached hydrogen (secondary N) is 1. The van der Waals surface area contributed by atoms with Crippen molar-refractivity contribution in [3.63, 3.8) is 0 Å². The second kappa shape index (κ2) is 7.88. The number of nitrogens with zero attached hydrogens (tertiary/aromatic N) is 3. The van der Waals surface area contributed by atoms with Gasteiger partial charge in [-0.2, -0.15) is 5.26 Å². The lowest BCUT2D eigenvalue weighted by Crippen LogP contribution is -2.40. The Kier molecular flexibility index (Phi) is 5.39. The Bertz CT molecular complexity index is 755. The van der Waals surface area contributed by atoms with Crippen molar-refractivity contribution >= 4 is 5.91 Å². The summed E-state index contributed by atoms with van der Waals surface area (Å²) in [7, 11) is 0. The molecule has 2 atom stereocenters. The van der Waals surface area contributed by atoms with Gasteiger partial charge >= 0.3 is 0 Å². The van der Waals surface area contributed by atoms with Gasteiger partial charge in [-0.05, 0) is 24.1 Å². The summed E-state index contributed by atoms with van der Waals surface area (Å²) in [5.41, 5.74) is 1.89. The van der Waals surface area contributed by atoms with E-state index in [0.29, 0.717) is 25.1 Å². The van der Waals surface area contributed by atoms with E-state index < -0.39 is 0 Å². The number of pyridine rings is 1. The molecule has 2 aromatic rings. The van der Waals surface area contributed by atoms with Crippen LogP contribution >= 0.6 is 0 Å². The van der Waals surface area contributed by atoms with Gasteiger partial charge in [-0.25, -0.2) is 4.98 Å². The molecule has 1 aliphatic rings. The predicted octanol–water partition coefficient (Wildman–Crippen LogP) is 1.32. The van der Waals surface area contributed by atoms with Gasteiger partial charge in [0.25, 0.3) is 5.91 Å². The van der Waals surface area contributed by atoms with E-state index in [1.807, 2.05) is 24.3 Å². The molecule has 6 nitrogen and oxygen atoms in total. The molecular formula is C19H20N4O2. The van der Waals surface area contributed by atoms with Gasteiger partial charge in [0.1, 0.15) is 11.8 Å². The number of carbonyl (C=O) groups excluding carboxylic acids is 1. The molecule has 0 aliphatic carbocycles. The smallest absolute Gasteiger partial charge is 0.269 e. The fourth-order valence-electron chi connectivity index (χ4n) is 3.08. The first kappa shape index (κ1) is 17.1. The summed E-state index contributed by atoms with van der Waals surface area (Å²) in [4.78, 5) is 18.4. The SMILES string of the molecule is N#Cc1ccc(C(=O)NCC2CC(O)CN2Cc2ccccc2)nc1. The van der Waals surface area contributed by atoms with Gasteiger partial charge in [0, 0.05) is 31.9 Å². The minimum Gasteiger partial charge on any atom is -0.392 e. The summed E-state index contributed by atoms with van der Waals surface area (Å²) in [6.07, 6.45) is 1.64. The number of aromatic nitrogens is 1. The van der Waals surface area contributed by atoms with Crippen LogP contribution in [0, 0.1) is 11.3 Å². The zero-order valence-electron chi connectivity index (χ0n) is 13.8. The van der Waals surface area contributed by atoms with Crippen molar-refractivity contribution in [2.45, 2.75) is 25.1 Å². The first-order chi connectivity index (χ1) is 12.2. The Morgan fingerprint density at radius 3 is 2.80 bits per heavy atom. The van der Waals surface area contributed by atoms with Crippen LogP contribution in [0.5, 0.6) is 0 Å². The Labute approximate surface area is 146 Å². The molecule has 0 saturated carbocycles. The van der Waals surface area contributed by atoms with Crippen molar-refractivity contribution in [3.05, 3.63) is 65.5 Å². The second-order valence-electron chi connectivity index (χ2n) is 6.21. The van der Waals surface area contributed by atoms with Crippen LogP contribution in [-0.2, 0) is 6.54 Å². The molecule has 3 rings (SSSR count). The Balaban J connectivity index is 1.58. The second-order valence-corrected chi connectivity index (χ2v) is 6.21. The van der Waals surface area contributed by atoms with E-state index in [0.717, 1.165) is 6.54 Å². The monoisotopic (exact) mass is 336 g/mol. The van der Waals surface area contributed by atoms with Gasteiger partial charge in [0.05, 0.1) is 11.7 Å². The summed E-state index contributed by atoms with van der Waals surface area (Å²) in [5.74, 6) is -0.273. The highest BCUT2D eigenvalue weighted by molar-refractivity contribution is 5.92. The number of benzene rings is 1. The maximum atomic E-state index is 12.2. The number of β-amino-alcohol motifs (C(OH)–C–C–N with tert-alkyl or cyclic N) is 1. The third kappa shape index (κ3) is 4.41. The summed E-state index contributed by atoms with van der Waals surface area (Å²) in [5, 5.41) is 21.6. The lowest BCUT2D eigenvalue weighted by atomic mass is 10.1. The molecule has 1 aromatic heterocycles. The third-order valence-corrected chi connectivity index (χ3v) is 4.36. The molecule has 2 heterocycles. The number of amides is 1. The van der Waals surface area contributed by atoms with Crippen molar-refractivity contribution in [2.75, 3.05) is 13.1 Å². The lowest BCUT2D eigenvalue weighted by molar-refractivity contribution is 0.0935. The number of hydrogen-bond donors (Lipinski definition) is 2. The summed E-state index contributed by atoms with van der Waals surface area (Å²) in [6.45, 7) is 1.79. The van der Waals surface area contributed by atoms with E-state index >= 15 is 0 Å². The number of carbonyl (C=O) groups is 1. The quantitative estimate of drug-likeness (QED) is 0.859. The third-order valence-electron chi connectivity index (χ3n) is 4.36. The van der Waals surface area contributed by atoms with Crippen LogP contribution in [0.2, 0.25) is 0 Å². The maximum absolute atomic E-state index is 12.2. The first-order valence-corrected chi connectivity index (χ1v) is 8.26. The number of rotatable bonds is 5. The Morgan fingerprint density at radius 1 is 1.32 bits per heavy atom. The van der Waals surface area contributed by atoms with E-state index in [9.17, 15) is 9.90 Å². The van der Waals surface area contributed by atoms with Crippen LogP contribution in [0.25, 0.3) is 0 Å². The van der Waals surface area contributed by atoms with E-state index in [-0.39, 0.29) is 23.7 Å². The van der Waals surface area contributed by atoms with Crippen LogP contribution in [0.15, 0.2) is 48.7 Å². The summed E-state index contributed by atoms with van der Waals surface area (Å²) in [6, 6.07) is 15.2. The highest BCUT2D eigenvalue weighted by Gasteiger charge is 2.31. The van der Waals surface area contributed by atoms with Crippen molar-refractivity contribution in [3.8, 4) is 6.07 Å². The van der Waals surface area contributed by atoms with E-state index in [1.165, 1.54) is 11.8 Å². The molecule has 1 aliphatic heterocycles. The fraction of sp³-hybridized carbons (Fsp3) is 0.316. The van der Waals surface area contributed by atoms with Crippen molar-refractivity contribution in [1.82, 2.24) is 15.2 Å².